The fraction of sp³-hybridized carbons (Fsp3) is 0.583. The maximum atomic E-state index is 10.5. The van der Waals surface area contributed by atoms with Gasteiger partial charge in [0, 0.05) is 37.4 Å². The monoisotopic (exact) mass is 408 g/mol. The molecule has 3 heterocycles. The van der Waals surface area contributed by atoms with E-state index in [0.29, 0.717) is 23.8 Å². The highest BCUT2D eigenvalue weighted by atomic mass is 16.5. The Bertz CT molecular complexity index is 893. The van der Waals surface area contributed by atoms with E-state index in [2.05, 4.69) is 32.5 Å². The van der Waals surface area contributed by atoms with Crippen molar-refractivity contribution in [1.82, 2.24) is 15.1 Å². The van der Waals surface area contributed by atoms with Gasteiger partial charge in [-0.3, -0.25) is 4.90 Å². The van der Waals surface area contributed by atoms with Gasteiger partial charge in [-0.05, 0) is 87.2 Å². The minimum absolute atomic E-state index is 0.303. The first kappa shape index (κ1) is 19.8. The molecule has 0 amide bonds. The highest BCUT2D eigenvalue weighted by molar-refractivity contribution is 5.70. The number of phenols is 1. The zero-order valence-electron chi connectivity index (χ0n) is 17.8. The number of piperidine rings is 1. The number of aromatic hydroxyl groups is 1. The molecule has 1 saturated carbocycles. The molecule has 3 fully saturated rings. The minimum Gasteiger partial charge on any atom is -0.507 e. The Balaban J connectivity index is 1.26. The Kier molecular flexibility index (Phi) is 5.61. The van der Waals surface area contributed by atoms with Crippen LogP contribution in [0.15, 0.2) is 24.3 Å². The second kappa shape index (κ2) is 8.52. The number of likely N-dealkylation sites (tertiary alicyclic amines) is 1. The number of nitrogens with one attached hydrogen (secondary N) is 1. The van der Waals surface area contributed by atoms with Crippen LogP contribution in [0.4, 0.5) is 5.82 Å². The number of ether oxygens (including phenoxy) is 1. The molecular formula is C24H32N4O2. The summed E-state index contributed by atoms with van der Waals surface area (Å²) in [6.45, 7) is 6.05. The molecule has 160 valence electrons. The van der Waals surface area contributed by atoms with Gasteiger partial charge in [0.1, 0.15) is 11.6 Å². The van der Waals surface area contributed by atoms with Gasteiger partial charge in [-0.15, -0.1) is 10.2 Å². The lowest BCUT2D eigenvalue weighted by atomic mass is 9.99. The Labute approximate surface area is 178 Å². The lowest BCUT2D eigenvalue weighted by molar-refractivity contribution is 0.0255. The first-order valence-corrected chi connectivity index (χ1v) is 11.4. The summed E-state index contributed by atoms with van der Waals surface area (Å²) in [6.07, 6.45) is 7.11. The molecule has 0 radical (unpaired) electrons. The molecule has 2 aromatic rings. The van der Waals surface area contributed by atoms with Gasteiger partial charge in [-0.25, -0.2) is 0 Å². The van der Waals surface area contributed by atoms with Crippen LogP contribution >= 0.6 is 0 Å². The molecule has 3 aliphatic rings. The number of anilines is 1. The van der Waals surface area contributed by atoms with Crippen LogP contribution in [-0.4, -0.2) is 58.6 Å². The predicted molar refractivity (Wildman–Crippen MR) is 118 cm³/mol. The molecule has 1 aromatic heterocycles. The van der Waals surface area contributed by atoms with Crippen molar-refractivity contribution in [3.05, 3.63) is 35.4 Å². The van der Waals surface area contributed by atoms with Crippen molar-refractivity contribution in [2.45, 2.75) is 63.5 Å². The SMILES string of the molecule is Cc1cc(N[C@@H]2CCCN(C3CCOCC3)C2)nnc1-c1ccc(C2CC2)cc1O. The topological polar surface area (TPSA) is 70.5 Å². The van der Waals surface area contributed by atoms with E-state index < -0.39 is 0 Å². The highest BCUT2D eigenvalue weighted by Crippen LogP contribution is 2.43. The van der Waals surface area contributed by atoms with Crippen molar-refractivity contribution in [3.63, 3.8) is 0 Å². The zero-order chi connectivity index (χ0) is 20.5. The molecule has 2 N–H and O–H groups in total. The van der Waals surface area contributed by atoms with Crippen molar-refractivity contribution in [2.75, 3.05) is 31.6 Å². The Morgan fingerprint density at radius 1 is 1.07 bits per heavy atom. The van der Waals surface area contributed by atoms with Crippen molar-refractivity contribution in [3.8, 4) is 17.0 Å². The standard InChI is InChI=1S/C24H32N4O2/c1-16-13-23(25-19-3-2-10-28(15-19)20-8-11-30-12-9-20)26-27-24(16)21-7-6-18(14-22(21)29)17-4-5-17/h6-7,13-14,17,19-20,29H,2-5,8-12,15H2,1H3,(H,25,26)/t19-/m1/s1. The van der Waals surface area contributed by atoms with Crippen LogP contribution in [0.25, 0.3) is 11.3 Å². The van der Waals surface area contributed by atoms with E-state index in [4.69, 9.17) is 4.74 Å². The first-order chi connectivity index (χ1) is 14.7. The average Bonchev–Trinajstić information content (AvgIpc) is 3.61. The lowest BCUT2D eigenvalue weighted by Crippen LogP contribution is -2.48. The van der Waals surface area contributed by atoms with Gasteiger partial charge in [-0.2, -0.15) is 0 Å². The number of hydrogen-bond acceptors (Lipinski definition) is 6. The molecule has 6 nitrogen and oxygen atoms in total. The molecule has 2 aliphatic heterocycles. The predicted octanol–water partition coefficient (Wildman–Crippen LogP) is 4.09. The second-order valence-electron chi connectivity index (χ2n) is 9.13. The maximum Gasteiger partial charge on any atom is 0.149 e. The van der Waals surface area contributed by atoms with Crippen molar-refractivity contribution < 1.29 is 9.84 Å². The largest absolute Gasteiger partial charge is 0.507 e. The number of hydrogen-bond donors (Lipinski definition) is 2. The molecular weight excluding hydrogens is 376 g/mol. The number of aromatic nitrogens is 2. The van der Waals surface area contributed by atoms with Gasteiger partial charge in [-0.1, -0.05) is 6.07 Å². The van der Waals surface area contributed by atoms with Gasteiger partial charge in [0.15, 0.2) is 0 Å². The summed E-state index contributed by atoms with van der Waals surface area (Å²) < 4.78 is 5.53. The summed E-state index contributed by atoms with van der Waals surface area (Å²) in [4.78, 5) is 2.62. The fourth-order valence-electron chi connectivity index (χ4n) is 4.96. The van der Waals surface area contributed by atoms with Crippen molar-refractivity contribution >= 4 is 5.82 Å². The van der Waals surface area contributed by atoms with Crippen molar-refractivity contribution in [1.29, 1.82) is 0 Å². The van der Waals surface area contributed by atoms with Crippen LogP contribution in [0.3, 0.4) is 0 Å². The van der Waals surface area contributed by atoms with Gasteiger partial charge in [0.2, 0.25) is 0 Å². The number of nitrogens with zero attached hydrogens (tertiary/aromatic N) is 3. The molecule has 1 aromatic carbocycles. The van der Waals surface area contributed by atoms with Crippen LogP contribution in [0.5, 0.6) is 5.75 Å². The minimum atomic E-state index is 0.303. The summed E-state index contributed by atoms with van der Waals surface area (Å²) in [5.74, 6) is 1.75. The number of aryl methyl sites for hydroxylation is 1. The van der Waals surface area contributed by atoms with E-state index in [0.717, 1.165) is 61.7 Å². The Hall–Kier alpha value is -2.18. The van der Waals surface area contributed by atoms with E-state index >= 15 is 0 Å². The van der Waals surface area contributed by atoms with Crippen LogP contribution in [-0.2, 0) is 4.74 Å². The molecule has 1 atom stereocenters. The molecule has 30 heavy (non-hydrogen) atoms. The maximum absolute atomic E-state index is 10.5. The normalized spacial score (nSPS) is 23.4. The molecule has 1 aliphatic carbocycles. The third-order valence-corrected chi connectivity index (χ3v) is 6.82. The summed E-state index contributed by atoms with van der Waals surface area (Å²) >= 11 is 0. The van der Waals surface area contributed by atoms with Gasteiger partial charge >= 0.3 is 0 Å². The second-order valence-corrected chi connectivity index (χ2v) is 9.13. The van der Waals surface area contributed by atoms with E-state index in [1.54, 1.807) is 0 Å². The van der Waals surface area contributed by atoms with Crippen LogP contribution < -0.4 is 5.32 Å². The molecule has 0 spiro atoms. The average molecular weight is 409 g/mol. The van der Waals surface area contributed by atoms with E-state index in [1.165, 1.54) is 31.4 Å². The third-order valence-electron chi connectivity index (χ3n) is 6.82. The van der Waals surface area contributed by atoms with E-state index in [1.807, 2.05) is 19.1 Å². The van der Waals surface area contributed by atoms with Gasteiger partial charge < -0.3 is 15.2 Å². The lowest BCUT2D eigenvalue weighted by Gasteiger charge is -2.40. The fourth-order valence-corrected chi connectivity index (χ4v) is 4.96. The number of phenolic OH excluding ortho intramolecular Hbond substituents is 1. The van der Waals surface area contributed by atoms with Crippen LogP contribution in [0.2, 0.25) is 0 Å². The van der Waals surface area contributed by atoms with E-state index in [9.17, 15) is 5.11 Å². The molecule has 6 heteroatoms. The Morgan fingerprint density at radius 3 is 2.63 bits per heavy atom. The summed E-state index contributed by atoms with van der Waals surface area (Å²) in [5.41, 5.74) is 3.78. The van der Waals surface area contributed by atoms with Gasteiger partial charge in [0.05, 0.1) is 5.69 Å². The third kappa shape index (κ3) is 4.30. The number of benzene rings is 1. The van der Waals surface area contributed by atoms with E-state index in [-0.39, 0.29) is 0 Å². The molecule has 2 saturated heterocycles. The summed E-state index contributed by atoms with van der Waals surface area (Å²) in [6, 6.07) is 9.11. The Morgan fingerprint density at radius 2 is 1.90 bits per heavy atom. The smallest absolute Gasteiger partial charge is 0.149 e. The molecule has 0 unspecified atom stereocenters. The van der Waals surface area contributed by atoms with Crippen LogP contribution in [0, 0.1) is 6.92 Å². The quantitative estimate of drug-likeness (QED) is 0.777. The molecule has 0 bridgehead atoms. The summed E-state index contributed by atoms with van der Waals surface area (Å²) in [5, 5.41) is 23.1. The number of rotatable bonds is 5. The summed E-state index contributed by atoms with van der Waals surface area (Å²) in [7, 11) is 0. The van der Waals surface area contributed by atoms with Crippen molar-refractivity contribution in [2.24, 2.45) is 0 Å². The zero-order valence-corrected chi connectivity index (χ0v) is 17.8. The van der Waals surface area contributed by atoms with Crippen LogP contribution in [0.1, 0.15) is 55.6 Å². The molecule has 5 rings (SSSR count). The van der Waals surface area contributed by atoms with Gasteiger partial charge in [0.25, 0.3) is 0 Å². The first-order valence-electron chi connectivity index (χ1n) is 11.4. The highest BCUT2D eigenvalue weighted by Gasteiger charge is 2.28.